The number of benzene rings is 2. The lowest BCUT2D eigenvalue weighted by molar-refractivity contribution is 0.289. The van der Waals surface area contributed by atoms with E-state index in [4.69, 9.17) is 0 Å². The van der Waals surface area contributed by atoms with E-state index in [-0.39, 0.29) is 0 Å². The average molecular weight is 316 g/mol. The maximum atomic E-state index is 3.65. The fourth-order valence-electron chi connectivity index (χ4n) is 2.70. The second-order valence-corrected chi connectivity index (χ2v) is 6.11. The van der Waals surface area contributed by atoms with Crippen LogP contribution in [0.4, 0.5) is 0 Å². The highest BCUT2D eigenvalue weighted by atomic mass is 79.9. The van der Waals surface area contributed by atoms with Crippen LogP contribution in [-0.4, -0.2) is 6.04 Å². The predicted molar refractivity (Wildman–Crippen MR) is 83.2 cm³/mol. The Morgan fingerprint density at radius 3 is 2.37 bits per heavy atom. The van der Waals surface area contributed by atoms with Gasteiger partial charge in [-0.1, -0.05) is 64.5 Å². The lowest BCUT2D eigenvalue weighted by Crippen LogP contribution is -2.39. The molecule has 19 heavy (non-hydrogen) atoms. The molecule has 0 saturated heterocycles. The van der Waals surface area contributed by atoms with Crippen LogP contribution in [0.5, 0.6) is 0 Å². The summed E-state index contributed by atoms with van der Waals surface area (Å²) < 4.78 is 1.25. The number of hydrogen-bond acceptors (Lipinski definition) is 1. The van der Waals surface area contributed by atoms with E-state index < -0.39 is 0 Å². The maximum Gasteiger partial charge on any atom is 0.0210 e. The van der Waals surface area contributed by atoms with E-state index in [0.29, 0.717) is 12.0 Å². The van der Waals surface area contributed by atoms with Crippen molar-refractivity contribution in [3.8, 4) is 0 Å². The minimum Gasteiger partial charge on any atom is -0.310 e. The first-order valence-electron chi connectivity index (χ1n) is 6.84. The zero-order valence-electron chi connectivity index (χ0n) is 10.9. The molecule has 1 fully saturated rings. The third-order valence-electron chi connectivity index (χ3n) is 3.92. The van der Waals surface area contributed by atoms with Crippen molar-refractivity contribution in [2.24, 2.45) is 0 Å². The fourth-order valence-corrected chi connectivity index (χ4v) is 3.31. The molecule has 0 spiro atoms. The Hall–Kier alpha value is -1.12. The molecule has 1 N–H and O–H groups in total. The summed E-state index contributed by atoms with van der Waals surface area (Å²) in [7, 11) is 0. The molecule has 0 atom stereocenters. The molecule has 0 heterocycles. The third kappa shape index (κ3) is 3.07. The quantitative estimate of drug-likeness (QED) is 0.876. The van der Waals surface area contributed by atoms with Crippen molar-refractivity contribution in [1.29, 1.82) is 0 Å². The Kier molecular flexibility index (Phi) is 4.00. The van der Waals surface area contributed by atoms with Crippen LogP contribution in [-0.2, 0) is 6.54 Å². The molecule has 0 amide bonds. The first kappa shape index (κ1) is 12.9. The van der Waals surface area contributed by atoms with E-state index >= 15 is 0 Å². The molecule has 98 valence electrons. The van der Waals surface area contributed by atoms with E-state index in [2.05, 4.69) is 75.8 Å². The highest BCUT2D eigenvalue weighted by Crippen LogP contribution is 2.40. The molecule has 1 nitrogen and oxygen atoms in total. The van der Waals surface area contributed by atoms with Crippen LogP contribution in [0.3, 0.4) is 0 Å². The van der Waals surface area contributed by atoms with Crippen LogP contribution in [0.1, 0.15) is 29.9 Å². The van der Waals surface area contributed by atoms with Gasteiger partial charge in [0.15, 0.2) is 0 Å². The Balaban J connectivity index is 1.50. The minimum absolute atomic E-state index is 0.664. The lowest BCUT2D eigenvalue weighted by atomic mass is 9.76. The molecule has 3 rings (SSSR count). The maximum absolute atomic E-state index is 3.65. The summed E-state index contributed by atoms with van der Waals surface area (Å²) in [5.41, 5.74) is 2.83. The monoisotopic (exact) mass is 315 g/mol. The van der Waals surface area contributed by atoms with E-state index in [1.807, 2.05) is 0 Å². The van der Waals surface area contributed by atoms with Gasteiger partial charge in [-0.3, -0.25) is 0 Å². The van der Waals surface area contributed by atoms with E-state index in [0.717, 1.165) is 6.54 Å². The second-order valence-electron chi connectivity index (χ2n) is 5.25. The van der Waals surface area contributed by atoms with Gasteiger partial charge in [0.2, 0.25) is 0 Å². The van der Waals surface area contributed by atoms with Gasteiger partial charge in [0.05, 0.1) is 0 Å². The number of rotatable bonds is 4. The highest BCUT2D eigenvalue weighted by molar-refractivity contribution is 9.10. The van der Waals surface area contributed by atoms with E-state index in [1.165, 1.54) is 28.4 Å². The summed E-state index contributed by atoms with van der Waals surface area (Å²) in [6, 6.07) is 19.9. The van der Waals surface area contributed by atoms with Crippen LogP contribution in [0.15, 0.2) is 59.1 Å². The van der Waals surface area contributed by atoms with Gasteiger partial charge in [-0.25, -0.2) is 0 Å². The van der Waals surface area contributed by atoms with Crippen molar-refractivity contribution < 1.29 is 0 Å². The van der Waals surface area contributed by atoms with Gasteiger partial charge in [0.25, 0.3) is 0 Å². The third-order valence-corrected chi connectivity index (χ3v) is 4.64. The summed E-state index contributed by atoms with van der Waals surface area (Å²) in [6.07, 6.45) is 2.49. The Morgan fingerprint density at radius 1 is 0.947 bits per heavy atom. The van der Waals surface area contributed by atoms with Crippen molar-refractivity contribution in [1.82, 2.24) is 5.32 Å². The van der Waals surface area contributed by atoms with Crippen molar-refractivity contribution in [2.75, 3.05) is 0 Å². The van der Waals surface area contributed by atoms with Crippen molar-refractivity contribution in [3.05, 3.63) is 70.2 Å². The summed E-state index contributed by atoms with van der Waals surface area (Å²) in [5, 5.41) is 3.64. The molecule has 1 saturated carbocycles. The molecule has 0 aliphatic heterocycles. The summed E-state index contributed by atoms with van der Waals surface area (Å²) in [4.78, 5) is 0. The van der Waals surface area contributed by atoms with Gasteiger partial charge in [-0.05, 0) is 36.0 Å². The van der Waals surface area contributed by atoms with Crippen LogP contribution in [0.2, 0.25) is 0 Å². The minimum atomic E-state index is 0.664. The molecule has 2 aromatic carbocycles. The standard InChI is InChI=1S/C17H18BrN/c18-17-9-5-4-8-16(17)14-10-15(11-14)19-12-13-6-2-1-3-7-13/h1-9,14-15,19H,10-12H2. The SMILES string of the molecule is Brc1ccccc1C1CC(NCc2ccccc2)C1. The number of halogens is 1. The fraction of sp³-hybridized carbons (Fsp3) is 0.294. The normalized spacial score (nSPS) is 21.9. The molecule has 0 radical (unpaired) electrons. The van der Waals surface area contributed by atoms with E-state index in [1.54, 1.807) is 0 Å². The van der Waals surface area contributed by atoms with Crippen molar-refractivity contribution in [2.45, 2.75) is 31.3 Å². The molecule has 2 aromatic rings. The van der Waals surface area contributed by atoms with Gasteiger partial charge in [0.1, 0.15) is 0 Å². The van der Waals surface area contributed by atoms with Gasteiger partial charge in [-0.15, -0.1) is 0 Å². The number of hydrogen-bond donors (Lipinski definition) is 1. The van der Waals surface area contributed by atoms with Crippen LogP contribution < -0.4 is 5.32 Å². The summed E-state index contributed by atoms with van der Waals surface area (Å²) >= 11 is 3.65. The zero-order valence-corrected chi connectivity index (χ0v) is 12.4. The summed E-state index contributed by atoms with van der Waals surface area (Å²) in [6.45, 7) is 0.980. The van der Waals surface area contributed by atoms with Gasteiger partial charge in [-0.2, -0.15) is 0 Å². The average Bonchev–Trinajstić information content (AvgIpc) is 2.40. The molecular formula is C17H18BrN. The van der Waals surface area contributed by atoms with Gasteiger partial charge < -0.3 is 5.32 Å². The molecule has 1 aliphatic carbocycles. The molecular weight excluding hydrogens is 298 g/mol. The number of nitrogens with one attached hydrogen (secondary N) is 1. The largest absolute Gasteiger partial charge is 0.310 e. The Labute approximate surface area is 123 Å². The molecule has 0 bridgehead atoms. The van der Waals surface area contributed by atoms with Crippen LogP contribution in [0.25, 0.3) is 0 Å². The van der Waals surface area contributed by atoms with Gasteiger partial charge >= 0.3 is 0 Å². The topological polar surface area (TPSA) is 12.0 Å². The lowest BCUT2D eigenvalue weighted by Gasteiger charge is -2.37. The zero-order chi connectivity index (χ0) is 13.1. The Bertz CT molecular complexity index is 532. The molecule has 2 heteroatoms. The van der Waals surface area contributed by atoms with Gasteiger partial charge in [0, 0.05) is 17.1 Å². The molecule has 0 unspecified atom stereocenters. The molecule has 0 aromatic heterocycles. The second kappa shape index (κ2) is 5.89. The predicted octanol–water partition coefficient (Wildman–Crippen LogP) is 4.48. The van der Waals surface area contributed by atoms with Crippen LogP contribution in [0, 0.1) is 0 Å². The first-order chi connectivity index (χ1) is 9.33. The summed E-state index contributed by atoms with van der Waals surface area (Å²) in [5.74, 6) is 0.712. The highest BCUT2D eigenvalue weighted by Gasteiger charge is 2.30. The smallest absolute Gasteiger partial charge is 0.0210 e. The Morgan fingerprint density at radius 2 is 1.63 bits per heavy atom. The van der Waals surface area contributed by atoms with E-state index in [9.17, 15) is 0 Å². The first-order valence-corrected chi connectivity index (χ1v) is 7.64. The van der Waals surface area contributed by atoms with Crippen molar-refractivity contribution >= 4 is 15.9 Å². The van der Waals surface area contributed by atoms with Crippen LogP contribution >= 0.6 is 15.9 Å². The van der Waals surface area contributed by atoms with Crippen molar-refractivity contribution in [3.63, 3.8) is 0 Å². The molecule has 1 aliphatic rings.